The Bertz CT molecular complexity index is 272. The van der Waals surface area contributed by atoms with Crippen molar-refractivity contribution in [3.8, 4) is 0 Å². The third-order valence-corrected chi connectivity index (χ3v) is 4.37. The number of hydrogen-bond donors (Lipinski definition) is 1. The lowest BCUT2D eigenvalue weighted by atomic mass is 9.98. The summed E-state index contributed by atoms with van der Waals surface area (Å²) in [6.45, 7) is 6.07. The van der Waals surface area contributed by atoms with Gasteiger partial charge < -0.3 is 10.6 Å². The Kier molecular flexibility index (Phi) is 5.26. The molecule has 100 valence electrons. The highest BCUT2D eigenvalue weighted by Gasteiger charge is 2.42. The first kappa shape index (κ1) is 14.8. The van der Waals surface area contributed by atoms with Crippen LogP contribution < -0.4 is 5.73 Å². The molecule has 0 aromatic carbocycles. The third kappa shape index (κ3) is 2.94. The average molecular weight is 261 g/mol. The van der Waals surface area contributed by atoms with Crippen LogP contribution in [0.25, 0.3) is 0 Å². The van der Waals surface area contributed by atoms with Crippen LogP contribution in [0.1, 0.15) is 39.5 Å². The minimum absolute atomic E-state index is 0. The summed E-state index contributed by atoms with van der Waals surface area (Å²) in [5.41, 5.74) is 6.08. The number of likely N-dealkylation sites (tertiary alicyclic amines) is 1. The van der Waals surface area contributed by atoms with Crippen molar-refractivity contribution in [2.75, 3.05) is 13.1 Å². The monoisotopic (exact) mass is 260 g/mol. The number of hydrogen-bond acceptors (Lipinski definition) is 2. The van der Waals surface area contributed by atoms with E-state index in [9.17, 15) is 4.79 Å². The molecular formula is C13H25ClN2O. The van der Waals surface area contributed by atoms with Crippen LogP contribution in [-0.4, -0.2) is 29.9 Å². The van der Waals surface area contributed by atoms with Gasteiger partial charge in [-0.1, -0.05) is 20.3 Å². The van der Waals surface area contributed by atoms with Crippen LogP contribution in [-0.2, 0) is 4.79 Å². The zero-order valence-corrected chi connectivity index (χ0v) is 11.7. The molecule has 1 saturated carbocycles. The quantitative estimate of drug-likeness (QED) is 0.844. The third-order valence-electron chi connectivity index (χ3n) is 4.37. The second-order valence-electron chi connectivity index (χ2n) is 5.60. The van der Waals surface area contributed by atoms with Crippen LogP contribution in [0.3, 0.4) is 0 Å². The van der Waals surface area contributed by atoms with Crippen molar-refractivity contribution in [3.63, 3.8) is 0 Å². The van der Waals surface area contributed by atoms with E-state index < -0.39 is 0 Å². The lowest BCUT2D eigenvalue weighted by molar-refractivity contribution is -0.134. The number of amides is 1. The van der Waals surface area contributed by atoms with Gasteiger partial charge in [-0.2, -0.15) is 0 Å². The molecule has 0 aromatic heterocycles. The van der Waals surface area contributed by atoms with Crippen molar-refractivity contribution in [2.24, 2.45) is 23.5 Å². The fourth-order valence-electron chi connectivity index (χ4n) is 3.36. The van der Waals surface area contributed by atoms with E-state index in [0.717, 1.165) is 32.4 Å². The van der Waals surface area contributed by atoms with Gasteiger partial charge in [-0.25, -0.2) is 0 Å². The predicted octanol–water partition coefficient (Wildman–Crippen LogP) is 2.04. The van der Waals surface area contributed by atoms with E-state index in [2.05, 4.69) is 18.7 Å². The Morgan fingerprint density at radius 1 is 1.41 bits per heavy atom. The van der Waals surface area contributed by atoms with Gasteiger partial charge in [0.25, 0.3) is 0 Å². The molecule has 1 aliphatic heterocycles. The summed E-state index contributed by atoms with van der Waals surface area (Å²) in [5.74, 6) is 1.81. The Labute approximate surface area is 111 Å². The van der Waals surface area contributed by atoms with Gasteiger partial charge >= 0.3 is 0 Å². The van der Waals surface area contributed by atoms with Gasteiger partial charge in [0.15, 0.2) is 0 Å². The van der Waals surface area contributed by atoms with Gasteiger partial charge in [0.1, 0.15) is 0 Å². The van der Waals surface area contributed by atoms with Crippen LogP contribution in [0, 0.1) is 17.8 Å². The summed E-state index contributed by atoms with van der Waals surface area (Å²) in [5, 5.41) is 0. The van der Waals surface area contributed by atoms with E-state index in [4.69, 9.17) is 5.73 Å². The van der Waals surface area contributed by atoms with E-state index in [1.54, 1.807) is 0 Å². The van der Waals surface area contributed by atoms with Crippen molar-refractivity contribution in [3.05, 3.63) is 0 Å². The predicted molar refractivity (Wildman–Crippen MR) is 72.1 cm³/mol. The molecule has 1 amide bonds. The highest BCUT2D eigenvalue weighted by atomic mass is 35.5. The lowest BCUT2D eigenvalue weighted by Crippen LogP contribution is -2.36. The summed E-state index contributed by atoms with van der Waals surface area (Å²) in [6, 6.07) is 0.337. The SMILES string of the molecule is CCCC(C)C(=O)N1CC2CCC(N)C2C1.Cl. The molecular weight excluding hydrogens is 236 g/mol. The number of halogens is 1. The van der Waals surface area contributed by atoms with Crippen LogP contribution in [0.4, 0.5) is 0 Å². The van der Waals surface area contributed by atoms with Crippen LogP contribution in [0.5, 0.6) is 0 Å². The molecule has 1 aliphatic carbocycles. The van der Waals surface area contributed by atoms with Crippen molar-refractivity contribution in [1.29, 1.82) is 0 Å². The standard InChI is InChI=1S/C13H24N2O.ClH/c1-3-4-9(2)13(16)15-7-10-5-6-12(14)11(10)8-15;/h9-12H,3-8,14H2,1-2H3;1H. The van der Waals surface area contributed by atoms with Gasteiger partial charge in [0.05, 0.1) is 0 Å². The van der Waals surface area contributed by atoms with Gasteiger partial charge in [0, 0.05) is 25.0 Å². The van der Waals surface area contributed by atoms with Crippen LogP contribution in [0.2, 0.25) is 0 Å². The number of carbonyl (C=O) groups is 1. The van der Waals surface area contributed by atoms with E-state index in [-0.39, 0.29) is 18.3 Å². The van der Waals surface area contributed by atoms with E-state index in [0.29, 0.717) is 23.8 Å². The van der Waals surface area contributed by atoms with Crippen LogP contribution >= 0.6 is 12.4 Å². The maximum absolute atomic E-state index is 12.2. The Morgan fingerprint density at radius 3 is 2.71 bits per heavy atom. The molecule has 4 heteroatoms. The zero-order chi connectivity index (χ0) is 11.7. The second-order valence-corrected chi connectivity index (χ2v) is 5.60. The van der Waals surface area contributed by atoms with Crippen molar-refractivity contribution in [1.82, 2.24) is 4.90 Å². The molecule has 0 bridgehead atoms. The number of carbonyl (C=O) groups excluding carboxylic acids is 1. The highest BCUT2D eigenvalue weighted by Crippen LogP contribution is 2.37. The summed E-state index contributed by atoms with van der Waals surface area (Å²) in [6.07, 6.45) is 4.48. The molecule has 2 fully saturated rings. The van der Waals surface area contributed by atoms with E-state index in [1.165, 1.54) is 6.42 Å². The first-order valence-corrected chi connectivity index (χ1v) is 6.67. The Hall–Kier alpha value is -0.280. The number of fused-ring (bicyclic) bond motifs is 1. The zero-order valence-electron chi connectivity index (χ0n) is 10.9. The minimum atomic E-state index is 0. The van der Waals surface area contributed by atoms with Gasteiger partial charge in [-0.15, -0.1) is 12.4 Å². The molecule has 3 nitrogen and oxygen atoms in total. The van der Waals surface area contributed by atoms with Crippen molar-refractivity contribution < 1.29 is 4.79 Å². The van der Waals surface area contributed by atoms with Crippen molar-refractivity contribution in [2.45, 2.75) is 45.6 Å². The molecule has 2 N–H and O–H groups in total. The first-order valence-electron chi connectivity index (χ1n) is 6.67. The van der Waals surface area contributed by atoms with Crippen LogP contribution in [0.15, 0.2) is 0 Å². The number of rotatable bonds is 3. The average Bonchev–Trinajstić information content (AvgIpc) is 2.81. The van der Waals surface area contributed by atoms with Gasteiger partial charge in [-0.3, -0.25) is 4.79 Å². The molecule has 4 unspecified atom stereocenters. The molecule has 4 atom stereocenters. The number of nitrogens with zero attached hydrogens (tertiary/aromatic N) is 1. The fraction of sp³-hybridized carbons (Fsp3) is 0.923. The summed E-state index contributed by atoms with van der Waals surface area (Å²) >= 11 is 0. The fourth-order valence-corrected chi connectivity index (χ4v) is 3.36. The molecule has 0 radical (unpaired) electrons. The Balaban J connectivity index is 0.00000144. The summed E-state index contributed by atoms with van der Waals surface area (Å²) in [7, 11) is 0. The smallest absolute Gasteiger partial charge is 0.225 e. The second kappa shape index (κ2) is 6.05. The maximum Gasteiger partial charge on any atom is 0.225 e. The molecule has 2 rings (SSSR count). The Morgan fingerprint density at radius 2 is 2.12 bits per heavy atom. The molecule has 0 aromatic rings. The molecule has 0 spiro atoms. The highest BCUT2D eigenvalue weighted by molar-refractivity contribution is 5.85. The maximum atomic E-state index is 12.2. The lowest BCUT2D eigenvalue weighted by Gasteiger charge is -2.22. The van der Waals surface area contributed by atoms with Gasteiger partial charge in [0.2, 0.25) is 5.91 Å². The first-order chi connectivity index (χ1) is 7.63. The molecule has 17 heavy (non-hydrogen) atoms. The number of nitrogens with two attached hydrogens (primary N) is 1. The molecule has 1 heterocycles. The van der Waals surface area contributed by atoms with E-state index in [1.807, 2.05) is 0 Å². The summed E-state index contributed by atoms with van der Waals surface area (Å²) < 4.78 is 0. The van der Waals surface area contributed by atoms with Gasteiger partial charge in [-0.05, 0) is 31.1 Å². The normalized spacial score (nSPS) is 33.1. The largest absolute Gasteiger partial charge is 0.342 e. The minimum Gasteiger partial charge on any atom is -0.342 e. The van der Waals surface area contributed by atoms with E-state index >= 15 is 0 Å². The molecule has 2 aliphatic rings. The van der Waals surface area contributed by atoms with Crippen molar-refractivity contribution >= 4 is 18.3 Å². The summed E-state index contributed by atoms with van der Waals surface area (Å²) in [4.78, 5) is 14.2. The topological polar surface area (TPSA) is 46.3 Å². The molecule has 1 saturated heterocycles.